The Morgan fingerprint density at radius 2 is 1.82 bits per heavy atom. The average molecular weight is 543 g/mol. The van der Waals surface area contributed by atoms with Gasteiger partial charge in [0.25, 0.3) is 5.56 Å². The van der Waals surface area contributed by atoms with Crippen molar-refractivity contribution in [3.63, 3.8) is 0 Å². The zero-order valence-corrected chi connectivity index (χ0v) is 19.4. The normalized spacial score (nSPS) is 14.5. The van der Waals surface area contributed by atoms with E-state index in [1.165, 1.54) is 12.1 Å². The second-order valence-electron chi connectivity index (χ2n) is 8.48. The molecule has 8 nitrogen and oxygen atoms in total. The van der Waals surface area contributed by atoms with Gasteiger partial charge in [0.1, 0.15) is 17.3 Å². The average Bonchev–Trinajstić information content (AvgIpc) is 2.79. The van der Waals surface area contributed by atoms with Gasteiger partial charge in [0, 0.05) is 23.5 Å². The monoisotopic (exact) mass is 543 g/mol. The van der Waals surface area contributed by atoms with Crippen LogP contribution in [0.3, 0.4) is 0 Å². The predicted molar refractivity (Wildman–Crippen MR) is 123 cm³/mol. The van der Waals surface area contributed by atoms with Crippen molar-refractivity contribution in [1.82, 2.24) is 4.98 Å². The van der Waals surface area contributed by atoms with E-state index < -0.39 is 52.9 Å². The number of anilines is 2. The van der Waals surface area contributed by atoms with Gasteiger partial charge in [-0.1, -0.05) is 6.07 Å². The Balaban J connectivity index is 1.50. The minimum atomic E-state index is -4.79. The summed E-state index contributed by atoms with van der Waals surface area (Å²) >= 11 is 0. The summed E-state index contributed by atoms with van der Waals surface area (Å²) < 4.78 is 95.6. The van der Waals surface area contributed by atoms with Crippen LogP contribution in [0.15, 0.2) is 53.5 Å². The minimum absolute atomic E-state index is 0.0383. The molecule has 0 saturated carbocycles. The van der Waals surface area contributed by atoms with Crippen molar-refractivity contribution in [2.75, 3.05) is 23.8 Å². The number of hydrogen-bond acceptors (Lipinski definition) is 5. The maximum Gasteiger partial charge on any atom is 0.420 e. The fourth-order valence-electron chi connectivity index (χ4n) is 3.57. The summed E-state index contributed by atoms with van der Waals surface area (Å²) in [4.78, 5) is 26.1. The molecule has 0 aliphatic carbocycles. The molecular formula is C24H19F6N3O5. The third-order valence-corrected chi connectivity index (χ3v) is 5.34. The lowest BCUT2D eigenvalue weighted by Crippen LogP contribution is -2.51. The maximum atomic E-state index is 14.7. The van der Waals surface area contributed by atoms with Crippen molar-refractivity contribution in [3.05, 3.63) is 70.4 Å². The molecule has 0 spiro atoms. The molecule has 1 saturated heterocycles. The van der Waals surface area contributed by atoms with Crippen LogP contribution < -0.4 is 25.7 Å². The maximum absolute atomic E-state index is 14.7. The van der Waals surface area contributed by atoms with E-state index in [1.54, 1.807) is 6.92 Å². The zero-order valence-electron chi connectivity index (χ0n) is 19.4. The quantitative estimate of drug-likeness (QED) is 0.336. The summed E-state index contributed by atoms with van der Waals surface area (Å²) in [6, 6.07) is 5.88. The molecule has 2 heterocycles. The molecule has 14 heteroatoms. The van der Waals surface area contributed by atoms with Gasteiger partial charge >= 0.3 is 18.8 Å². The van der Waals surface area contributed by atoms with Crippen molar-refractivity contribution in [2.24, 2.45) is 0 Å². The summed E-state index contributed by atoms with van der Waals surface area (Å²) in [6.45, 7) is -1.39. The largest absolute Gasteiger partial charge is 0.482 e. The molecule has 1 fully saturated rings. The van der Waals surface area contributed by atoms with Crippen LogP contribution in [0, 0.1) is 5.82 Å². The van der Waals surface area contributed by atoms with E-state index in [9.17, 15) is 35.9 Å². The van der Waals surface area contributed by atoms with E-state index in [4.69, 9.17) is 9.47 Å². The van der Waals surface area contributed by atoms with Gasteiger partial charge < -0.3 is 29.8 Å². The van der Waals surface area contributed by atoms with Crippen LogP contribution in [0.1, 0.15) is 12.5 Å². The topological polar surface area (TPSA) is 102 Å². The van der Waals surface area contributed by atoms with E-state index >= 15 is 0 Å². The number of carbonyl (C=O) groups is 1. The molecular weight excluding hydrogens is 524 g/mol. The fourth-order valence-corrected chi connectivity index (χ4v) is 3.57. The number of benzene rings is 2. The number of aromatic nitrogens is 1. The van der Waals surface area contributed by atoms with Crippen molar-refractivity contribution >= 4 is 17.4 Å². The van der Waals surface area contributed by atoms with E-state index in [1.807, 2.05) is 0 Å². The number of halogens is 6. The number of H-pyrrole nitrogens is 1. The molecule has 0 unspecified atom stereocenters. The first-order chi connectivity index (χ1) is 17.8. The third kappa shape index (κ3) is 6.19. The Morgan fingerprint density at radius 1 is 1.08 bits per heavy atom. The van der Waals surface area contributed by atoms with Crippen molar-refractivity contribution in [1.29, 1.82) is 0 Å². The van der Waals surface area contributed by atoms with Crippen LogP contribution in [0.5, 0.6) is 11.5 Å². The lowest BCUT2D eigenvalue weighted by atomic mass is 10.0. The van der Waals surface area contributed by atoms with Crippen LogP contribution in [-0.2, 0) is 10.9 Å². The number of carbonyl (C=O) groups excluding carboxylic acids is 1. The summed E-state index contributed by atoms with van der Waals surface area (Å²) in [5.41, 5.74) is -3.36. The molecule has 3 N–H and O–H groups in total. The van der Waals surface area contributed by atoms with Gasteiger partial charge in [-0.2, -0.15) is 22.0 Å². The summed E-state index contributed by atoms with van der Waals surface area (Å²) in [5, 5.41) is 4.35. The Labute approximate surface area is 210 Å². The van der Waals surface area contributed by atoms with Gasteiger partial charge in [-0.05, 0) is 42.8 Å². The van der Waals surface area contributed by atoms with Gasteiger partial charge in [-0.15, -0.1) is 0 Å². The highest BCUT2D eigenvalue weighted by Gasteiger charge is 2.40. The van der Waals surface area contributed by atoms with Gasteiger partial charge in [0.2, 0.25) is 0 Å². The Kier molecular flexibility index (Phi) is 7.26. The molecule has 1 aliphatic rings. The molecule has 0 radical (unpaired) electrons. The number of nitrogens with one attached hydrogen (secondary N) is 3. The van der Waals surface area contributed by atoms with Crippen LogP contribution in [0.4, 0.5) is 42.5 Å². The first kappa shape index (κ1) is 26.9. The molecule has 3 aromatic rings. The molecule has 202 valence electrons. The zero-order chi connectivity index (χ0) is 27.7. The number of alkyl halides is 5. The van der Waals surface area contributed by atoms with Crippen molar-refractivity contribution in [3.8, 4) is 22.6 Å². The Hall–Kier alpha value is -4.20. The molecule has 4 rings (SSSR count). The molecule has 0 atom stereocenters. The van der Waals surface area contributed by atoms with Crippen LogP contribution in [-0.4, -0.2) is 36.4 Å². The SMILES string of the molecule is CC1(Oc2ccc(NC(=O)Nc3ccc(-c4c[nH]c(=O)cc4OC(F)F)cc3F)cc2C(F)(F)F)COC1. The molecule has 2 amide bonds. The summed E-state index contributed by atoms with van der Waals surface area (Å²) in [6.07, 6.45) is -3.74. The number of ether oxygens (including phenoxy) is 3. The number of amides is 2. The van der Waals surface area contributed by atoms with Gasteiger partial charge in [0.05, 0.1) is 24.5 Å². The van der Waals surface area contributed by atoms with Crippen LogP contribution >= 0.6 is 0 Å². The molecule has 1 aromatic heterocycles. The minimum Gasteiger partial charge on any atom is -0.482 e. The first-order valence-corrected chi connectivity index (χ1v) is 10.9. The van der Waals surface area contributed by atoms with E-state index in [2.05, 4.69) is 20.4 Å². The van der Waals surface area contributed by atoms with Crippen LogP contribution in [0.2, 0.25) is 0 Å². The smallest absolute Gasteiger partial charge is 0.420 e. The summed E-state index contributed by atoms with van der Waals surface area (Å²) in [7, 11) is 0. The number of hydrogen-bond donors (Lipinski definition) is 3. The third-order valence-electron chi connectivity index (χ3n) is 5.34. The Bertz CT molecular complexity index is 1410. The number of rotatable bonds is 7. The van der Waals surface area contributed by atoms with Gasteiger partial charge in [-0.25, -0.2) is 9.18 Å². The molecule has 1 aliphatic heterocycles. The van der Waals surface area contributed by atoms with Gasteiger partial charge in [-0.3, -0.25) is 4.79 Å². The fraction of sp³-hybridized carbons (Fsp3) is 0.250. The second-order valence-corrected chi connectivity index (χ2v) is 8.48. The summed E-state index contributed by atoms with van der Waals surface area (Å²) in [5.74, 6) is -1.93. The van der Waals surface area contributed by atoms with Crippen molar-refractivity contribution < 1.29 is 45.3 Å². The predicted octanol–water partition coefficient (Wildman–Crippen LogP) is 5.61. The number of aromatic amines is 1. The Morgan fingerprint density at radius 3 is 2.42 bits per heavy atom. The van der Waals surface area contributed by atoms with E-state index in [0.29, 0.717) is 6.07 Å². The first-order valence-electron chi connectivity index (χ1n) is 10.9. The molecule has 38 heavy (non-hydrogen) atoms. The lowest BCUT2D eigenvalue weighted by molar-refractivity contribution is -0.160. The van der Waals surface area contributed by atoms with Gasteiger partial charge in [0.15, 0.2) is 5.60 Å². The van der Waals surface area contributed by atoms with Crippen molar-refractivity contribution in [2.45, 2.75) is 25.3 Å². The number of pyridine rings is 1. The highest BCUT2D eigenvalue weighted by molar-refractivity contribution is 6.00. The van der Waals surface area contributed by atoms with E-state index in [-0.39, 0.29) is 35.7 Å². The standard InChI is InChI=1S/C24H19F6N3O5/c1-23(10-36-11-23)38-18-5-3-13(7-15(18)24(28,29)30)32-22(35)33-17-4-2-12(6-16(17)25)14-9-31-20(34)8-19(14)37-21(26)27/h2-9,21H,10-11H2,1H3,(H,31,34)(H2,32,33,35). The highest BCUT2D eigenvalue weighted by atomic mass is 19.4. The molecule has 2 aromatic carbocycles. The number of urea groups is 1. The lowest BCUT2D eigenvalue weighted by Gasteiger charge is -2.38. The second kappa shape index (κ2) is 10.3. The molecule has 0 bridgehead atoms. The van der Waals surface area contributed by atoms with E-state index in [0.717, 1.165) is 30.5 Å². The highest BCUT2D eigenvalue weighted by Crippen LogP contribution is 2.40. The van der Waals surface area contributed by atoms with Crippen LogP contribution in [0.25, 0.3) is 11.1 Å².